The van der Waals surface area contributed by atoms with Crippen LogP contribution >= 0.6 is 15.9 Å². The number of nitro groups is 1. The molecule has 19 heavy (non-hydrogen) atoms. The van der Waals surface area contributed by atoms with Gasteiger partial charge in [0.2, 0.25) is 0 Å². The Morgan fingerprint density at radius 3 is 2.47 bits per heavy atom. The number of hydrogen-bond acceptors (Lipinski definition) is 3. The molecular formula is C12H6BrF2NO3. The summed E-state index contributed by atoms with van der Waals surface area (Å²) < 4.78 is 32.2. The van der Waals surface area contributed by atoms with Crippen LogP contribution in [-0.2, 0) is 0 Å². The molecular weight excluding hydrogens is 324 g/mol. The second-order valence-electron chi connectivity index (χ2n) is 3.55. The average Bonchev–Trinajstić information content (AvgIpc) is 2.36. The average molecular weight is 330 g/mol. The van der Waals surface area contributed by atoms with Gasteiger partial charge >= 0.3 is 0 Å². The molecule has 0 aliphatic carbocycles. The number of rotatable bonds is 3. The van der Waals surface area contributed by atoms with Crippen LogP contribution in [0.1, 0.15) is 0 Å². The highest BCUT2D eigenvalue weighted by Gasteiger charge is 2.13. The molecule has 2 aromatic rings. The highest BCUT2D eigenvalue weighted by Crippen LogP contribution is 2.32. The molecule has 0 unspecified atom stereocenters. The van der Waals surface area contributed by atoms with Crippen LogP contribution in [0.15, 0.2) is 40.9 Å². The molecule has 2 rings (SSSR count). The molecule has 0 atom stereocenters. The van der Waals surface area contributed by atoms with Gasteiger partial charge in [-0.3, -0.25) is 10.1 Å². The largest absolute Gasteiger partial charge is 0.453 e. The maximum absolute atomic E-state index is 13.6. The van der Waals surface area contributed by atoms with E-state index in [0.717, 1.165) is 24.3 Å². The lowest BCUT2D eigenvalue weighted by atomic mass is 10.3. The monoisotopic (exact) mass is 329 g/mol. The third-order valence-corrected chi connectivity index (χ3v) is 2.89. The second kappa shape index (κ2) is 5.31. The second-order valence-corrected chi connectivity index (χ2v) is 4.40. The summed E-state index contributed by atoms with van der Waals surface area (Å²) in [7, 11) is 0. The van der Waals surface area contributed by atoms with Crippen molar-refractivity contribution in [1.29, 1.82) is 0 Å². The molecule has 0 aromatic heterocycles. The van der Waals surface area contributed by atoms with Crippen molar-refractivity contribution in [2.45, 2.75) is 0 Å². The van der Waals surface area contributed by atoms with E-state index < -0.39 is 16.6 Å². The lowest BCUT2D eigenvalue weighted by Crippen LogP contribution is -1.93. The smallest absolute Gasteiger partial charge is 0.272 e. The van der Waals surface area contributed by atoms with E-state index in [4.69, 9.17) is 4.74 Å². The van der Waals surface area contributed by atoms with Crippen LogP contribution in [0, 0.1) is 21.7 Å². The maximum atomic E-state index is 13.6. The Hall–Kier alpha value is -2.02. The normalized spacial score (nSPS) is 10.3. The summed E-state index contributed by atoms with van der Waals surface area (Å²) in [6.45, 7) is 0. The van der Waals surface area contributed by atoms with Crippen LogP contribution in [0.3, 0.4) is 0 Å². The number of nitrogens with zero attached hydrogens (tertiary/aromatic N) is 1. The Kier molecular flexibility index (Phi) is 3.75. The minimum atomic E-state index is -0.898. The van der Waals surface area contributed by atoms with E-state index in [1.54, 1.807) is 0 Å². The molecule has 0 fully saturated rings. The maximum Gasteiger partial charge on any atom is 0.272 e. The van der Waals surface area contributed by atoms with Gasteiger partial charge in [-0.1, -0.05) is 0 Å². The quantitative estimate of drug-likeness (QED) is 0.618. The van der Waals surface area contributed by atoms with Gasteiger partial charge in [-0.15, -0.1) is 0 Å². The first-order valence-corrected chi connectivity index (χ1v) is 5.83. The Bertz CT molecular complexity index is 649. The first kappa shape index (κ1) is 13.4. The molecule has 2 aromatic carbocycles. The zero-order valence-electron chi connectivity index (χ0n) is 9.27. The van der Waals surface area contributed by atoms with Crippen LogP contribution in [0.4, 0.5) is 14.5 Å². The fourth-order valence-corrected chi connectivity index (χ4v) is 1.69. The van der Waals surface area contributed by atoms with Gasteiger partial charge in [0.25, 0.3) is 5.69 Å². The van der Waals surface area contributed by atoms with E-state index >= 15 is 0 Å². The van der Waals surface area contributed by atoms with Gasteiger partial charge in [-0.25, -0.2) is 8.78 Å². The Morgan fingerprint density at radius 1 is 1.11 bits per heavy atom. The van der Waals surface area contributed by atoms with Gasteiger partial charge in [0.1, 0.15) is 11.6 Å². The van der Waals surface area contributed by atoms with Crippen LogP contribution in [-0.4, -0.2) is 4.92 Å². The lowest BCUT2D eigenvalue weighted by Gasteiger charge is -2.08. The van der Waals surface area contributed by atoms with Gasteiger partial charge in [0.05, 0.1) is 15.5 Å². The summed E-state index contributed by atoms with van der Waals surface area (Å²) in [6, 6.07) is 6.65. The SMILES string of the molecule is O=[N+]([O-])c1ccc(Oc2cc(F)ccc2Br)c(F)c1. The predicted molar refractivity (Wildman–Crippen MR) is 67.2 cm³/mol. The van der Waals surface area contributed by atoms with Crippen molar-refractivity contribution >= 4 is 21.6 Å². The van der Waals surface area contributed by atoms with E-state index in [1.807, 2.05) is 0 Å². The van der Waals surface area contributed by atoms with Crippen LogP contribution in [0.5, 0.6) is 11.5 Å². The number of benzene rings is 2. The molecule has 98 valence electrons. The topological polar surface area (TPSA) is 52.4 Å². The molecule has 4 nitrogen and oxygen atoms in total. The van der Waals surface area contributed by atoms with Crippen molar-refractivity contribution in [2.24, 2.45) is 0 Å². The molecule has 7 heteroatoms. The highest BCUT2D eigenvalue weighted by molar-refractivity contribution is 9.10. The summed E-state index contributed by atoms with van der Waals surface area (Å²) in [5, 5.41) is 10.5. The number of ether oxygens (including phenoxy) is 1. The molecule has 0 bridgehead atoms. The molecule has 0 saturated carbocycles. The molecule has 0 radical (unpaired) electrons. The minimum absolute atomic E-state index is 0.0766. The fraction of sp³-hybridized carbons (Fsp3) is 0. The van der Waals surface area contributed by atoms with Crippen molar-refractivity contribution in [3.63, 3.8) is 0 Å². The van der Waals surface area contributed by atoms with Crippen molar-refractivity contribution in [3.05, 3.63) is 62.6 Å². The van der Waals surface area contributed by atoms with E-state index in [9.17, 15) is 18.9 Å². The van der Waals surface area contributed by atoms with Gasteiger partial charge in [0, 0.05) is 12.1 Å². The summed E-state index contributed by atoms with van der Waals surface area (Å²) in [6.07, 6.45) is 0. The van der Waals surface area contributed by atoms with Gasteiger partial charge in [0.15, 0.2) is 11.6 Å². The van der Waals surface area contributed by atoms with E-state index in [-0.39, 0.29) is 17.2 Å². The van der Waals surface area contributed by atoms with Gasteiger partial charge in [-0.05, 0) is 34.1 Å². The molecule has 0 aliphatic rings. The van der Waals surface area contributed by atoms with E-state index in [0.29, 0.717) is 4.47 Å². The molecule has 0 aliphatic heterocycles. The summed E-state index contributed by atoms with van der Waals surface area (Å²) >= 11 is 3.13. The highest BCUT2D eigenvalue weighted by atomic mass is 79.9. The zero-order valence-corrected chi connectivity index (χ0v) is 10.9. The van der Waals surface area contributed by atoms with Crippen molar-refractivity contribution in [3.8, 4) is 11.5 Å². The van der Waals surface area contributed by atoms with Gasteiger partial charge < -0.3 is 4.74 Å². The van der Waals surface area contributed by atoms with Crippen LogP contribution in [0.2, 0.25) is 0 Å². The predicted octanol–water partition coefficient (Wildman–Crippen LogP) is 4.43. The number of halogens is 3. The molecule has 0 saturated heterocycles. The minimum Gasteiger partial charge on any atom is -0.453 e. The first-order chi connectivity index (χ1) is 8.97. The standard InChI is InChI=1S/C12H6BrF2NO3/c13-9-3-1-7(14)5-12(9)19-11-4-2-8(16(17)18)6-10(11)15/h1-6H. The third-order valence-electron chi connectivity index (χ3n) is 2.24. The fourth-order valence-electron chi connectivity index (χ4n) is 1.36. The summed E-state index contributed by atoms with van der Waals surface area (Å²) in [4.78, 5) is 9.75. The van der Waals surface area contributed by atoms with E-state index in [2.05, 4.69) is 15.9 Å². The first-order valence-electron chi connectivity index (χ1n) is 5.04. The molecule has 0 N–H and O–H groups in total. The zero-order chi connectivity index (χ0) is 14.0. The number of hydrogen-bond donors (Lipinski definition) is 0. The van der Waals surface area contributed by atoms with Gasteiger partial charge in [-0.2, -0.15) is 0 Å². The van der Waals surface area contributed by atoms with E-state index in [1.165, 1.54) is 12.1 Å². The molecule has 0 amide bonds. The summed E-state index contributed by atoms with van der Waals surface area (Å²) in [5.74, 6) is -1.59. The van der Waals surface area contributed by atoms with Crippen molar-refractivity contribution < 1.29 is 18.4 Å². The number of nitro benzene ring substituents is 1. The lowest BCUT2D eigenvalue weighted by molar-refractivity contribution is -0.385. The molecule has 0 heterocycles. The Morgan fingerprint density at radius 2 is 1.84 bits per heavy atom. The van der Waals surface area contributed by atoms with Crippen LogP contribution in [0.25, 0.3) is 0 Å². The van der Waals surface area contributed by atoms with Crippen LogP contribution < -0.4 is 4.74 Å². The third kappa shape index (κ3) is 3.05. The Balaban J connectivity index is 2.33. The molecule has 0 spiro atoms. The Labute approximate surface area is 114 Å². The van der Waals surface area contributed by atoms with Crippen molar-refractivity contribution in [2.75, 3.05) is 0 Å². The number of non-ortho nitro benzene ring substituents is 1. The van der Waals surface area contributed by atoms with Crippen molar-refractivity contribution in [1.82, 2.24) is 0 Å². The summed E-state index contributed by atoms with van der Waals surface area (Å²) in [5.41, 5.74) is -0.386.